The number of benzene rings is 2. The molecule has 0 saturated carbocycles. The highest BCUT2D eigenvalue weighted by atomic mass is 35.5. The van der Waals surface area contributed by atoms with E-state index in [4.69, 9.17) is 28.9 Å². The van der Waals surface area contributed by atoms with Crippen LogP contribution in [-0.4, -0.2) is 7.05 Å². The summed E-state index contributed by atoms with van der Waals surface area (Å²) in [6.07, 6.45) is 0. The Labute approximate surface area is 123 Å². The minimum Gasteiger partial charge on any atom is -0.370 e. The van der Waals surface area contributed by atoms with Crippen LogP contribution in [0.25, 0.3) is 0 Å². The number of rotatable bonds is 4. The molecule has 0 aliphatic rings. The van der Waals surface area contributed by atoms with Crippen LogP contribution in [0.15, 0.2) is 42.5 Å². The average molecular weight is 295 g/mol. The quantitative estimate of drug-likeness (QED) is 0.920. The third-order valence-electron chi connectivity index (χ3n) is 3.04. The number of nitrogens with two attached hydrogens (primary N) is 1. The SMILES string of the molecule is CN(Cc1ccccc1Cl)c1ccc(Cl)cc1CN. The van der Waals surface area contributed by atoms with E-state index in [2.05, 4.69) is 4.90 Å². The Balaban J connectivity index is 2.25. The number of hydrogen-bond donors (Lipinski definition) is 1. The molecule has 0 amide bonds. The molecule has 0 aliphatic carbocycles. The molecule has 19 heavy (non-hydrogen) atoms. The molecule has 0 bridgehead atoms. The summed E-state index contributed by atoms with van der Waals surface area (Å²) in [5.41, 5.74) is 8.96. The minimum atomic E-state index is 0.461. The second-order valence-electron chi connectivity index (χ2n) is 4.42. The van der Waals surface area contributed by atoms with Crippen molar-refractivity contribution in [3.05, 3.63) is 63.6 Å². The molecule has 0 saturated heterocycles. The highest BCUT2D eigenvalue weighted by Crippen LogP contribution is 2.26. The lowest BCUT2D eigenvalue weighted by Crippen LogP contribution is -2.19. The van der Waals surface area contributed by atoms with Crippen LogP contribution in [0, 0.1) is 0 Å². The van der Waals surface area contributed by atoms with E-state index in [0.717, 1.165) is 28.4 Å². The van der Waals surface area contributed by atoms with Crippen molar-refractivity contribution < 1.29 is 0 Å². The number of halogens is 2. The van der Waals surface area contributed by atoms with Crippen molar-refractivity contribution >= 4 is 28.9 Å². The Morgan fingerprint density at radius 2 is 1.79 bits per heavy atom. The van der Waals surface area contributed by atoms with Crippen LogP contribution in [0.2, 0.25) is 10.0 Å². The van der Waals surface area contributed by atoms with Gasteiger partial charge in [-0.25, -0.2) is 0 Å². The van der Waals surface area contributed by atoms with Gasteiger partial charge in [-0.15, -0.1) is 0 Å². The van der Waals surface area contributed by atoms with Crippen LogP contribution in [0.3, 0.4) is 0 Å². The van der Waals surface area contributed by atoms with Crippen molar-refractivity contribution in [2.24, 2.45) is 5.73 Å². The van der Waals surface area contributed by atoms with Gasteiger partial charge >= 0.3 is 0 Å². The Morgan fingerprint density at radius 1 is 1.05 bits per heavy atom. The molecule has 0 spiro atoms. The van der Waals surface area contributed by atoms with Crippen LogP contribution in [0.5, 0.6) is 0 Å². The van der Waals surface area contributed by atoms with E-state index in [0.29, 0.717) is 11.6 Å². The molecule has 0 unspecified atom stereocenters. The van der Waals surface area contributed by atoms with Gasteiger partial charge in [-0.3, -0.25) is 0 Å². The van der Waals surface area contributed by atoms with Crippen molar-refractivity contribution in [3.8, 4) is 0 Å². The maximum Gasteiger partial charge on any atom is 0.0455 e. The van der Waals surface area contributed by atoms with E-state index in [1.165, 1.54) is 0 Å². The minimum absolute atomic E-state index is 0.461. The second kappa shape index (κ2) is 6.29. The molecular formula is C15H16Cl2N2. The Hall–Kier alpha value is -1.22. The summed E-state index contributed by atoms with van der Waals surface area (Å²) >= 11 is 12.2. The van der Waals surface area contributed by atoms with Crippen molar-refractivity contribution in [1.29, 1.82) is 0 Å². The average Bonchev–Trinajstić information content (AvgIpc) is 2.41. The maximum absolute atomic E-state index is 6.18. The third-order valence-corrected chi connectivity index (χ3v) is 3.64. The first-order valence-corrected chi connectivity index (χ1v) is 6.80. The molecule has 2 rings (SSSR count). The fourth-order valence-electron chi connectivity index (χ4n) is 2.06. The number of nitrogens with zero attached hydrogens (tertiary/aromatic N) is 1. The van der Waals surface area contributed by atoms with Gasteiger partial charge in [0.15, 0.2) is 0 Å². The van der Waals surface area contributed by atoms with E-state index in [1.807, 2.05) is 49.5 Å². The summed E-state index contributed by atoms with van der Waals surface area (Å²) in [4.78, 5) is 2.12. The third kappa shape index (κ3) is 3.41. The molecule has 0 heterocycles. The lowest BCUT2D eigenvalue weighted by Gasteiger charge is -2.23. The van der Waals surface area contributed by atoms with Gasteiger partial charge in [-0.2, -0.15) is 0 Å². The normalized spacial score (nSPS) is 10.5. The molecule has 0 fully saturated rings. The molecule has 4 heteroatoms. The highest BCUT2D eigenvalue weighted by Gasteiger charge is 2.09. The molecule has 2 aromatic rings. The zero-order valence-corrected chi connectivity index (χ0v) is 12.2. The zero-order valence-electron chi connectivity index (χ0n) is 10.7. The molecule has 2 nitrogen and oxygen atoms in total. The van der Waals surface area contributed by atoms with Crippen molar-refractivity contribution in [1.82, 2.24) is 0 Å². The summed E-state index contributed by atoms with van der Waals surface area (Å²) in [6.45, 7) is 1.19. The first kappa shape index (κ1) is 14.2. The van der Waals surface area contributed by atoms with Gasteiger partial charge in [0.05, 0.1) is 0 Å². The van der Waals surface area contributed by atoms with E-state index in [-0.39, 0.29) is 0 Å². The molecule has 0 aliphatic heterocycles. The Bertz CT molecular complexity index is 570. The van der Waals surface area contributed by atoms with Gasteiger partial charge in [-0.1, -0.05) is 41.4 Å². The van der Waals surface area contributed by atoms with Gasteiger partial charge in [0.2, 0.25) is 0 Å². The lowest BCUT2D eigenvalue weighted by molar-refractivity contribution is 0.904. The predicted molar refractivity (Wildman–Crippen MR) is 82.9 cm³/mol. The standard InChI is InChI=1S/C15H16Cl2N2/c1-19(10-11-4-2-3-5-14(11)17)15-7-6-13(16)8-12(15)9-18/h2-8H,9-10,18H2,1H3. The van der Waals surface area contributed by atoms with Crippen molar-refractivity contribution in [2.75, 3.05) is 11.9 Å². The molecule has 0 atom stereocenters. The number of anilines is 1. The summed E-state index contributed by atoms with van der Waals surface area (Å²) in [7, 11) is 2.02. The fourth-order valence-corrected chi connectivity index (χ4v) is 2.45. The largest absolute Gasteiger partial charge is 0.370 e. The van der Waals surface area contributed by atoms with E-state index in [1.54, 1.807) is 0 Å². The van der Waals surface area contributed by atoms with Gasteiger partial charge < -0.3 is 10.6 Å². The molecular weight excluding hydrogens is 279 g/mol. The summed E-state index contributed by atoms with van der Waals surface area (Å²) in [5.74, 6) is 0. The molecule has 100 valence electrons. The summed E-state index contributed by atoms with van der Waals surface area (Å²) in [5, 5.41) is 1.48. The fraction of sp³-hybridized carbons (Fsp3) is 0.200. The van der Waals surface area contributed by atoms with Gasteiger partial charge in [0.1, 0.15) is 0 Å². The number of hydrogen-bond acceptors (Lipinski definition) is 2. The lowest BCUT2D eigenvalue weighted by atomic mass is 10.1. The topological polar surface area (TPSA) is 29.3 Å². The summed E-state index contributed by atoms with van der Waals surface area (Å²) in [6, 6.07) is 13.6. The van der Waals surface area contributed by atoms with Crippen LogP contribution < -0.4 is 10.6 Å². The second-order valence-corrected chi connectivity index (χ2v) is 5.27. The Morgan fingerprint density at radius 3 is 2.47 bits per heavy atom. The van der Waals surface area contributed by atoms with Crippen LogP contribution >= 0.6 is 23.2 Å². The predicted octanol–water partition coefficient (Wildman–Crippen LogP) is 4.09. The molecule has 0 radical (unpaired) electrons. The first-order chi connectivity index (χ1) is 9.11. The van der Waals surface area contributed by atoms with Gasteiger partial charge in [0, 0.05) is 35.9 Å². The van der Waals surface area contributed by atoms with Crippen LogP contribution in [0.4, 0.5) is 5.69 Å². The van der Waals surface area contributed by atoms with Crippen LogP contribution in [0.1, 0.15) is 11.1 Å². The zero-order chi connectivity index (χ0) is 13.8. The molecule has 0 aromatic heterocycles. The smallest absolute Gasteiger partial charge is 0.0455 e. The van der Waals surface area contributed by atoms with E-state index in [9.17, 15) is 0 Å². The Kier molecular flexibility index (Phi) is 4.70. The molecule has 2 aromatic carbocycles. The van der Waals surface area contributed by atoms with Gasteiger partial charge in [0.25, 0.3) is 0 Å². The van der Waals surface area contributed by atoms with Crippen molar-refractivity contribution in [3.63, 3.8) is 0 Å². The first-order valence-electron chi connectivity index (χ1n) is 6.05. The van der Waals surface area contributed by atoms with E-state index >= 15 is 0 Å². The van der Waals surface area contributed by atoms with Crippen LogP contribution in [-0.2, 0) is 13.1 Å². The highest BCUT2D eigenvalue weighted by molar-refractivity contribution is 6.31. The van der Waals surface area contributed by atoms with E-state index < -0.39 is 0 Å². The monoisotopic (exact) mass is 294 g/mol. The van der Waals surface area contributed by atoms with Crippen molar-refractivity contribution in [2.45, 2.75) is 13.1 Å². The maximum atomic E-state index is 6.18. The van der Waals surface area contributed by atoms with Gasteiger partial charge in [-0.05, 0) is 35.4 Å². The summed E-state index contributed by atoms with van der Waals surface area (Å²) < 4.78 is 0. The molecule has 2 N–H and O–H groups in total.